The number of carbonyl (C=O) groups excluding carboxylic acids is 1. The Balaban J connectivity index is 2.18. The lowest BCUT2D eigenvalue weighted by Crippen LogP contribution is -2.33. The summed E-state index contributed by atoms with van der Waals surface area (Å²) in [6.07, 6.45) is -5.25. The SMILES string of the molecule is Cc1c(C#N)c(NC(=O)CN(C)CCC(F)(F)F)n(Cc2ccccc2)c1C. The summed E-state index contributed by atoms with van der Waals surface area (Å²) in [5.74, 6) is -0.0939. The second-order valence-electron chi connectivity index (χ2n) is 6.77. The Bertz CT molecular complexity index is 866. The van der Waals surface area contributed by atoms with Gasteiger partial charge in [0.1, 0.15) is 11.9 Å². The van der Waals surface area contributed by atoms with Gasteiger partial charge in [0.2, 0.25) is 5.91 Å². The Morgan fingerprint density at radius 3 is 2.46 bits per heavy atom. The van der Waals surface area contributed by atoms with Gasteiger partial charge in [-0.1, -0.05) is 30.3 Å². The van der Waals surface area contributed by atoms with E-state index >= 15 is 0 Å². The maximum Gasteiger partial charge on any atom is 0.390 e. The van der Waals surface area contributed by atoms with Crippen LogP contribution in [0.25, 0.3) is 0 Å². The summed E-state index contributed by atoms with van der Waals surface area (Å²) in [6, 6.07) is 11.7. The highest BCUT2D eigenvalue weighted by molar-refractivity contribution is 5.93. The second kappa shape index (κ2) is 8.93. The second-order valence-corrected chi connectivity index (χ2v) is 6.77. The quantitative estimate of drug-likeness (QED) is 0.779. The van der Waals surface area contributed by atoms with Crippen molar-refractivity contribution in [3.63, 3.8) is 0 Å². The minimum absolute atomic E-state index is 0.199. The summed E-state index contributed by atoms with van der Waals surface area (Å²) in [5, 5.41) is 12.2. The molecule has 0 aliphatic rings. The maximum atomic E-state index is 12.4. The van der Waals surface area contributed by atoms with Crippen LogP contribution in [0.15, 0.2) is 30.3 Å². The van der Waals surface area contributed by atoms with Gasteiger partial charge in [-0.25, -0.2) is 0 Å². The molecule has 0 aliphatic carbocycles. The van der Waals surface area contributed by atoms with E-state index < -0.39 is 18.5 Å². The van der Waals surface area contributed by atoms with E-state index in [1.165, 1.54) is 11.9 Å². The summed E-state index contributed by atoms with van der Waals surface area (Å²) >= 11 is 0. The van der Waals surface area contributed by atoms with Crippen LogP contribution in [0.4, 0.5) is 19.0 Å². The molecule has 0 unspecified atom stereocenters. The fourth-order valence-corrected chi connectivity index (χ4v) is 2.91. The highest BCUT2D eigenvalue weighted by Crippen LogP contribution is 2.27. The van der Waals surface area contributed by atoms with Crippen LogP contribution in [0.5, 0.6) is 0 Å². The fraction of sp³-hybridized carbons (Fsp3) is 0.400. The molecule has 0 saturated carbocycles. The predicted octanol–water partition coefficient (Wildman–Crippen LogP) is 3.85. The molecule has 1 amide bonds. The van der Waals surface area contributed by atoms with Crippen LogP contribution < -0.4 is 5.32 Å². The van der Waals surface area contributed by atoms with Crippen LogP contribution in [-0.4, -0.2) is 41.7 Å². The van der Waals surface area contributed by atoms with Crippen LogP contribution in [0.3, 0.4) is 0 Å². The number of halogens is 3. The number of nitrogens with one attached hydrogen (secondary N) is 1. The number of hydrogen-bond acceptors (Lipinski definition) is 3. The Labute approximate surface area is 162 Å². The van der Waals surface area contributed by atoms with Crippen LogP contribution >= 0.6 is 0 Å². The summed E-state index contributed by atoms with van der Waals surface area (Å²) in [7, 11) is 1.45. The van der Waals surface area contributed by atoms with Gasteiger partial charge in [0.15, 0.2) is 0 Å². The number of anilines is 1. The number of hydrogen-bond donors (Lipinski definition) is 1. The molecule has 2 aromatic rings. The lowest BCUT2D eigenvalue weighted by Gasteiger charge is -2.18. The molecular weight excluding hydrogens is 369 g/mol. The van der Waals surface area contributed by atoms with E-state index in [0.29, 0.717) is 17.9 Å². The molecule has 150 valence electrons. The molecular formula is C20H23F3N4O. The van der Waals surface area contributed by atoms with Gasteiger partial charge >= 0.3 is 6.18 Å². The topological polar surface area (TPSA) is 61.1 Å². The Kier molecular flexibility index (Phi) is 6.86. The van der Waals surface area contributed by atoms with Crippen LogP contribution in [0, 0.1) is 25.2 Å². The lowest BCUT2D eigenvalue weighted by atomic mass is 10.2. The van der Waals surface area contributed by atoms with Crippen molar-refractivity contribution >= 4 is 11.7 Å². The van der Waals surface area contributed by atoms with Crippen LogP contribution in [-0.2, 0) is 11.3 Å². The Hall–Kier alpha value is -2.79. The molecule has 0 spiro atoms. The average Bonchev–Trinajstić information content (AvgIpc) is 2.84. The number of benzene rings is 1. The van der Waals surface area contributed by atoms with Crippen LogP contribution in [0.1, 0.15) is 28.8 Å². The van der Waals surface area contributed by atoms with E-state index in [1.807, 2.05) is 41.8 Å². The highest BCUT2D eigenvalue weighted by atomic mass is 19.4. The number of nitrogens with zero attached hydrogens (tertiary/aromatic N) is 3. The number of nitriles is 1. The molecule has 5 nitrogen and oxygen atoms in total. The fourth-order valence-electron chi connectivity index (χ4n) is 2.91. The van der Waals surface area contributed by atoms with E-state index in [0.717, 1.165) is 16.8 Å². The molecule has 2 rings (SSSR count). The number of aromatic nitrogens is 1. The van der Waals surface area contributed by atoms with E-state index in [1.54, 1.807) is 6.92 Å². The van der Waals surface area contributed by atoms with Gasteiger partial charge in [-0.15, -0.1) is 0 Å². The summed E-state index contributed by atoms with van der Waals surface area (Å²) in [4.78, 5) is 13.7. The number of carbonyl (C=O) groups is 1. The molecule has 0 bridgehead atoms. The van der Waals surface area contributed by atoms with E-state index in [4.69, 9.17) is 0 Å². The monoisotopic (exact) mass is 392 g/mol. The first-order chi connectivity index (χ1) is 13.1. The molecule has 1 aromatic heterocycles. The molecule has 0 atom stereocenters. The van der Waals surface area contributed by atoms with Gasteiger partial charge in [0.05, 0.1) is 18.5 Å². The number of likely N-dealkylation sites (N-methyl/N-ethyl adjacent to an activating group) is 1. The third-order valence-corrected chi connectivity index (χ3v) is 4.57. The molecule has 28 heavy (non-hydrogen) atoms. The van der Waals surface area contributed by atoms with Crippen molar-refractivity contribution < 1.29 is 18.0 Å². The van der Waals surface area contributed by atoms with Crippen molar-refractivity contribution in [1.29, 1.82) is 5.26 Å². The lowest BCUT2D eigenvalue weighted by molar-refractivity contribution is -0.138. The summed E-state index contributed by atoms with van der Waals surface area (Å²) < 4.78 is 38.9. The number of rotatable bonds is 7. The van der Waals surface area contributed by atoms with Gasteiger partial charge in [0.25, 0.3) is 0 Å². The molecule has 0 aliphatic heterocycles. The van der Waals surface area contributed by atoms with E-state index in [9.17, 15) is 23.2 Å². The van der Waals surface area contributed by atoms with Gasteiger partial charge in [0, 0.05) is 18.8 Å². The summed E-state index contributed by atoms with van der Waals surface area (Å²) in [6.45, 7) is 3.67. The zero-order valence-corrected chi connectivity index (χ0v) is 16.1. The largest absolute Gasteiger partial charge is 0.390 e. The zero-order valence-electron chi connectivity index (χ0n) is 16.1. The van der Waals surface area contributed by atoms with Gasteiger partial charge in [-0.2, -0.15) is 18.4 Å². The molecule has 0 fully saturated rings. The van der Waals surface area contributed by atoms with Crippen molar-refractivity contribution in [3.8, 4) is 6.07 Å². The van der Waals surface area contributed by atoms with Crippen molar-refractivity contribution in [2.24, 2.45) is 0 Å². The molecule has 1 N–H and O–H groups in total. The molecule has 0 saturated heterocycles. The zero-order chi connectivity index (χ0) is 20.9. The molecule has 1 aromatic carbocycles. The van der Waals surface area contributed by atoms with Crippen molar-refractivity contribution in [3.05, 3.63) is 52.7 Å². The van der Waals surface area contributed by atoms with Gasteiger partial charge in [-0.05, 0) is 32.0 Å². The Morgan fingerprint density at radius 1 is 1.25 bits per heavy atom. The molecule has 0 radical (unpaired) electrons. The van der Waals surface area contributed by atoms with Crippen molar-refractivity contribution in [1.82, 2.24) is 9.47 Å². The number of amides is 1. The molecule has 1 heterocycles. The minimum Gasteiger partial charge on any atom is -0.326 e. The summed E-state index contributed by atoms with van der Waals surface area (Å²) in [5.41, 5.74) is 2.97. The highest BCUT2D eigenvalue weighted by Gasteiger charge is 2.27. The first-order valence-electron chi connectivity index (χ1n) is 8.81. The third kappa shape index (κ3) is 5.60. The molecule has 8 heteroatoms. The van der Waals surface area contributed by atoms with Crippen molar-refractivity contribution in [2.45, 2.75) is 33.0 Å². The first-order valence-corrected chi connectivity index (χ1v) is 8.81. The first kappa shape index (κ1) is 21.5. The normalized spacial score (nSPS) is 11.5. The van der Waals surface area contributed by atoms with Crippen LogP contribution in [0.2, 0.25) is 0 Å². The predicted molar refractivity (Wildman–Crippen MR) is 101 cm³/mol. The van der Waals surface area contributed by atoms with E-state index in [-0.39, 0.29) is 13.1 Å². The Morgan fingerprint density at radius 2 is 1.89 bits per heavy atom. The third-order valence-electron chi connectivity index (χ3n) is 4.57. The minimum atomic E-state index is -4.27. The smallest absolute Gasteiger partial charge is 0.326 e. The standard InChI is InChI=1S/C20H23F3N4O/c1-14-15(2)27(12-16-7-5-4-6-8-16)19(17(14)11-24)25-18(28)13-26(3)10-9-20(21,22)23/h4-8H,9-10,12-13H2,1-3H3,(H,25,28). The van der Waals surface area contributed by atoms with Gasteiger partial charge < -0.3 is 9.88 Å². The van der Waals surface area contributed by atoms with E-state index in [2.05, 4.69) is 11.4 Å². The number of alkyl halides is 3. The average molecular weight is 392 g/mol. The van der Waals surface area contributed by atoms with Crippen molar-refractivity contribution in [2.75, 3.05) is 25.5 Å². The van der Waals surface area contributed by atoms with Gasteiger partial charge in [-0.3, -0.25) is 9.69 Å². The maximum absolute atomic E-state index is 12.4.